The normalized spacial score (nSPS) is 11.8. The van der Waals surface area contributed by atoms with Crippen molar-refractivity contribution in [2.24, 2.45) is 0 Å². The van der Waals surface area contributed by atoms with Gasteiger partial charge >= 0.3 is 5.82 Å². The predicted molar refractivity (Wildman–Crippen MR) is 60.8 cm³/mol. The largest absolute Gasteiger partial charge is 0.418 e. The van der Waals surface area contributed by atoms with Gasteiger partial charge < -0.3 is 10.1 Å². The molecule has 0 atom stereocenters. The van der Waals surface area contributed by atoms with Gasteiger partial charge in [-0.05, 0) is 11.3 Å². The highest BCUT2D eigenvalue weighted by molar-refractivity contribution is 6.66. The molecule has 0 fully saturated rings. The maximum absolute atomic E-state index is 10.7. The van der Waals surface area contributed by atoms with Crippen LogP contribution in [0, 0.1) is 10.1 Å². The Hall–Kier alpha value is -0.590. The van der Waals surface area contributed by atoms with Crippen molar-refractivity contribution in [1.82, 2.24) is 15.0 Å². The zero-order valence-corrected chi connectivity index (χ0v) is 10.6. The molecule has 0 aliphatic carbocycles. The molecule has 6 nitrogen and oxygen atoms in total. The number of unbranched alkanes of at least 4 members (excludes halogenated alkanes) is 1. The summed E-state index contributed by atoms with van der Waals surface area (Å²) in [6.45, 7) is 2.40. The van der Waals surface area contributed by atoms with Crippen molar-refractivity contribution in [1.29, 1.82) is 0 Å². The summed E-state index contributed by atoms with van der Waals surface area (Å²) in [5, 5.41) is 17.7. The smallest absolute Gasteiger partial charge is 0.358 e. The monoisotopic (exact) mass is 286 g/mol. The quantitative estimate of drug-likeness (QED) is 0.485. The van der Waals surface area contributed by atoms with Gasteiger partial charge in [0, 0.05) is 6.54 Å². The number of alkyl halides is 3. The van der Waals surface area contributed by atoms with E-state index in [1.807, 2.05) is 6.92 Å². The van der Waals surface area contributed by atoms with Crippen LogP contribution in [0.15, 0.2) is 0 Å². The third-order valence-electron chi connectivity index (χ3n) is 1.88. The number of nitrogens with zero attached hydrogens (tertiary/aromatic N) is 4. The fraction of sp³-hybridized carbons (Fsp3) is 0.714. The van der Waals surface area contributed by atoms with Gasteiger partial charge in [-0.2, -0.15) is 0 Å². The lowest BCUT2D eigenvalue weighted by Gasteiger charge is -2.10. The maximum atomic E-state index is 10.7. The van der Waals surface area contributed by atoms with Crippen LogP contribution in [-0.2, 0) is 10.3 Å². The van der Waals surface area contributed by atoms with E-state index in [2.05, 4.69) is 10.3 Å². The van der Waals surface area contributed by atoms with Gasteiger partial charge in [0.15, 0.2) is 5.69 Å². The van der Waals surface area contributed by atoms with Crippen LogP contribution in [0.2, 0.25) is 0 Å². The van der Waals surface area contributed by atoms with Crippen molar-refractivity contribution in [2.75, 3.05) is 0 Å². The first-order valence-corrected chi connectivity index (χ1v) is 5.66. The third kappa shape index (κ3) is 2.96. The van der Waals surface area contributed by atoms with Crippen molar-refractivity contribution < 1.29 is 4.92 Å². The summed E-state index contributed by atoms with van der Waals surface area (Å²) in [6, 6.07) is 0. The summed E-state index contributed by atoms with van der Waals surface area (Å²) in [6.07, 6.45) is 1.67. The van der Waals surface area contributed by atoms with Crippen LogP contribution in [0.3, 0.4) is 0 Å². The van der Waals surface area contributed by atoms with Crippen LogP contribution in [0.4, 0.5) is 5.82 Å². The SMILES string of the molecule is CCCCn1nnc([N+](=O)[O-])c1C(Cl)(Cl)Cl. The fourth-order valence-corrected chi connectivity index (χ4v) is 1.71. The Kier molecular flexibility index (Phi) is 4.35. The molecule has 0 saturated carbocycles. The van der Waals surface area contributed by atoms with Crippen molar-refractivity contribution in [3.05, 3.63) is 15.8 Å². The van der Waals surface area contributed by atoms with E-state index in [0.29, 0.717) is 6.54 Å². The van der Waals surface area contributed by atoms with Crippen molar-refractivity contribution in [3.63, 3.8) is 0 Å². The maximum Gasteiger partial charge on any atom is 0.418 e. The highest BCUT2D eigenvalue weighted by Crippen LogP contribution is 2.41. The summed E-state index contributed by atoms with van der Waals surface area (Å²) in [5.74, 6) is -0.517. The molecule has 0 unspecified atom stereocenters. The van der Waals surface area contributed by atoms with E-state index in [4.69, 9.17) is 34.8 Å². The molecule has 1 aromatic rings. The summed E-state index contributed by atoms with van der Waals surface area (Å²) in [7, 11) is 0. The van der Waals surface area contributed by atoms with E-state index in [1.54, 1.807) is 0 Å². The second kappa shape index (κ2) is 5.16. The van der Waals surface area contributed by atoms with Crippen LogP contribution in [-0.4, -0.2) is 19.9 Å². The van der Waals surface area contributed by atoms with E-state index in [1.165, 1.54) is 4.68 Å². The Morgan fingerprint density at radius 1 is 1.50 bits per heavy atom. The number of halogens is 3. The first kappa shape index (κ1) is 13.5. The zero-order chi connectivity index (χ0) is 12.3. The van der Waals surface area contributed by atoms with Gasteiger partial charge in [-0.15, -0.1) is 0 Å². The van der Waals surface area contributed by atoms with Crippen LogP contribution in [0.25, 0.3) is 0 Å². The standard InChI is InChI=1S/C7H9Cl3N4O2/c1-2-3-4-13-5(7(8,9)10)6(11-12-13)14(15)16/h2-4H2,1H3. The Morgan fingerprint density at radius 3 is 2.56 bits per heavy atom. The molecule has 0 aliphatic rings. The van der Waals surface area contributed by atoms with Gasteiger partial charge in [-0.25, -0.2) is 4.68 Å². The van der Waals surface area contributed by atoms with Crippen LogP contribution < -0.4 is 0 Å². The minimum Gasteiger partial charge on any atom is -0.358 e. The molecule has 9 heteroatoms. The lowest BCUT2D eigenvalue weighted by Crippen LogP contribution is -2.13. The molecule has 0 N–H and O–H groups in total. The van der Waals surface area contributed by atoms with E-state index in [9.17, 15) is 10.1 Å². The molecule has 0 aromatic carbocycles. The molecule has 0 radical (unpaired) electrons. The minimum absolute atomic E-state index is 0.101. The topological polar surface area (TPSA) is 73.8 Å². The van der Waals surface area contributed by atoms with E-state index in [0.717, 1.165) is 12.8 Å². The highest BCUT2D eigenvalue weighted by atomic mass is 35.6. The van der Waals surface area contributed by atoms with Gasteiger partial charge in [0.05, 0.1) is 5.21 Å². The number of hydrogen-bond donors (Lipinski definition) is 0. The zero-order valence-electron chi connectivity index (χ0n) is 8.36. The van der Waals surface area contributed by atoms with E-state index in [-0.39, 0.29) is 5.69 Å². The van der Waals surface area contributed by atoms with Crippen molar-refractivity contribution >= 4 is 40.6 Å². The van der Waals surface area contributed by atoms with Gasteiger partial charge in [0.25, 0.3) is 0 Å². The number of aryl methyl sites for hydroxylation is 1. The summed E-state index contributed by atoms with van der Waals surface area (Å²) < 4.78 is -0.645. The second-order valence-electron chi connectivity index (χ2n) is 3.09. The molecular weight excluding hydrogens is 278 g/mol. The third-order valence-corrected chi connectivity index (χ3v) is 2.42. The van der Waals surface area contributed by atoms with Crippen LogP contribution in [0.1, 0.15) is 25.5 Å². The van der Waals surface area contributed by atoms with Crippen LogP contribution >= 0.6 is 34.8 Å². The molecule has 0 amide bonds. The van der Waals surface area contributed by atoms with Crippen molar-refractivity contribution in [3.8, 4) is 0 Å². The number of rotatable bonds is 4. The van der Waals surface area contributed by atoms with Gasteiger partial charge in [0.2, 0.25) is 3.79 Å². The molecule has 1 heterocycles. The number of aromatic nitrogens is 3. The molecule has 0 aliphatic heterocycles. The predicted octanol–water partition coefficient (Wildman–Crippen LogP) is 2.81. The molecule has 90 valence electrons. The van der Waals surface area contributed by atoms with Gasteiger partial charge in [0.1, 0.15) is 5.10 Å². The van der Waals surface area contributed by atoms with E-state index < -0.39 is 14.5 Å². The fourth-order valence-electron chi connectivity index (χ4n) is 1.16. The first-order chi connectivity index (χ1) is 7.38. The molecule has 0 spiro atoms. The van der Waals surface area contributed by atoms with Gasteiger partial charge in [-0.1, -0.05) is 48.1 Å². The number of hydrogen-bond acceptors (Lipinski definition) is 4. The van der Waals surface area contributed by atoms with Gasteiger partial charge in [-0.3, -0.25) is 0 Å². The average Bonchev–Trinajstić information content (AvgIpc) is 2.57. The molecular formula is C7H9Cl3N4O2. The summed E-state index contributed by atoms with van der Waals surface area (Å²) in [5.41, 5.74) is -0.101. The minimum atomic E-state index is -1.90. The first-order valence-electron chi connectivity index (χ1n) is 4.53. The second-order valence-corrected chi connectivity index (χ2v) is 5.37. The van der Waals surface area contributed by atoms with Crippen molar-refractivity contribution in [2.45, 2.75) is 30.1 Å². The average molecular weight is 288 g/mol. The van der Waals surface area contributed by atoms with E-state index >= 15 is 0 Å². The molecule has 0 bridgehead atoms. The number of nitro groups is 1. The Bertz CT molecular complexity index is 387. The molecule has 1 aromatic heterocycles. The van der Waals surface area contributed by atoms with Crippen LogP contribution in [0.5, 0.6) is 0 Å². The molecule has 16 heavy (non-hydrogen) atoms. The lowest BCUT2D eigenvalue weighted by molar-refractivity contribution is -0.390. The lowest BCUT2D eigenvalue weighted by atomic mass is 10.3. The Balaban J connectivity index is 3.15. The summed E-state index contributed by atoms with van der Waals surface area (Å²) >= 11 is 17.0. The Morgan fingerprint density at radius 2 is 2.12 bits per heavy atom. The highest BCUT2D eigenvalue weighted by Gasteiger charge is 2.39. The Labute approximate surface area is 107 Å². The molecule has 1 rings (SSSR count). The summed E-state index contributed by atoms with van der Waals surface area (Å²) in [4.78, 5) is 9.95. The molecule has 0 saturated heterocycles.